The molecule has 0 aliphatic heterocycles. The molecular formula is C20H23F3. The lowest BCUT2D eigenvalue weighted by atomic mass is 9.77. The van der Waals surface area contributed by atoms with Gasteiger partial charge in [0.25, 0.3) is 0 Å². The van der Waals surface area contributed by atoms with Crippen LogP contribution in [0.3, 0.4) is 0 Å². The standard InChI is InChI=1S/C20H22F2.FH/c1-2-14-3-5-15(6-4-14)16-7-9-17(10-8-16)18-11-12-19(21)20(22)13-18;/h7-15H,2-6H2,1H3;1H. The molecule has 2 aromatic rings. The van der Waals surface area contributed by atoms with Crippen molar-refractivity contribution in [2.45, 2.75) is 44.9 Å². The third kappa shape index (κ3) is 3.95. The summed E-state index contributed by atoms with van der Waals surface area (Å²) in [6, 6.07) is 12.4. The van der Waals surface area contributed by atoms with Gasteiger partial charge in [0, 0.05) is 0 Å². The number of hydrogen-bond acceptors (Lipinski definition) is 0. The Labute approximate surface area is 135 Å². The number of halogens is 3. The Bertz CT molecular complexity index is 626. The molecule has 1 fully saturated rings. The molecule has 124 valence electrons. The molecule has 0 aromatic heterocycles. The van der Waals surface area contributed by atoms with Crippen LogP contribution in [0.25, 0.3) is 11.1 Å². The van der Waals surface area contributed by atoms with Crippen LogP contribution in [0.4, 0.5) is 13.5 Å². The Morgan fingerprint density at radius 2 is 1.43 bits per heavy atom. The van der Waals surface area contributed by atoms with Gasteiger partial charge in [0.05, 0.1) is 0 Å². The molecule has 0 unspecified atom stereocenters. The molecule has 3 rings (SSSR count). The molecule has 0 bridgehead atoms. The van der Waals surface area contributed by atoms with E-state index in [1.807, 2.05) is 12.1 Å². The molecule has 2 aromatic carbocycles. The highest BCUT2D eigenvalue weighted by molar-refractivity contribution is 5.63. The molecule has 0 N–H and O–H groups in total. The topological polar surface area (TPSA) is 0 Å². The van der Waals surface area contributed by atoms with Gasteiger partial charge in [0.2, 0.25) is 0 Å². The van der Waals surface area contributed by atoms with Gasteiger partial charge < -0.3 is 0 Å². The van der Waals surface area contributed by atoms with E-state index in [0.29, 0.717) is 5.92 Å². The molecule has 23 heavy (non-hydrogen) atoms. The van der Waals surface area contributed by atoms with Crippen LogP contribution >= 0.6 is 0 Å². The van der Waals surface area contributed by atoms with Crippen molar-refractivity contribution in [3.8, 4) is 11.1 Å². The van der Waals surface area contributed by atoms with E-state index < -0.39 is 11.6 Å². The fraction of sp³-hybridized carbons (Fsp3) is 0.400. The van der Waals surface area contributed by atoms with Crippen molar-refractivity contribution in [2.75, 3.05) is 0 Å². The van der Waals surface area contributed by atoms with Gasteiger partial charge in [-0.15, -0.1) is 0 Å². The quantitative estimate of drug-likeness (QED) is 0.608. The first kappa shape index (κ1) is 17.6. The molecule has 3 heteroatoms. The monoisotopic (exact) mass is 320 g/mol. The zero-order valence-electron chi connectivity index (χ0n) is 13.4. The summed E-state index contributed by atoms with van der Waals surface area (Å²) in [6.45, 7) is 2.28. The molecule has 1 saturated carbocycles. The third-order valence-corrected chi connectivity index (χ3v) is 5.06. The van der Waals surface area contributed by atoms with Gasteiger partial charge in [0.1, 0.15) is 0 Å². The van der Waals surface area contributed by atoms with E-state index in [9.17, 15) is 8.78 Å². The van der Waals surface area contributed by atoms with Crippen molar-refractivity contribution >= 4 is 0 Å². The fourth-order valence-corrected chi connectivity index (χ4v) is 3.53. The highest BCUT2D eigenvalue weighted by atomic mass is 19.2. The average molecular weight is 320 g/mol. The molecule has 0 atom stereocenters. The highest BCUT2D eigenvalue weighted by Crippen LogP contribution is 2.37. The van der Waals surface area contributed by atoms with E-state index in [1.54, 1.807) is 6.07 Å². The maximum atomic E-state index is 13.3. The first-order valence-electron chi connectivity index (χ1n) is 8.22. The predicted molar refractivity (Wildman–Crippen MR) is 89.3 cm³/mol. The largest absolute Gasteiger partial charge is 0.269 e. The Morgan fingerprint density at radius 1 is 0.826 bits per heavy atom. The lowest BCUT2D eigenvalue weighted by Crippen LogP contribution is -2.12. The van der Waals surface area contributed by atoms with Crippen LogP contribution in [0.2, 0.25) is 0 Å². The Hall–Kier alpha value is -1.77. The highest BCUT2D eigenvalue weighted by Gasteiger charge is 2.21. The second-order valence-corrected chi connectivity index (χ2v) is 6.38. The summed E-state index contributed by atoms with van der Waals surface area (Å²) in [5.74, 6) is -0.0352. The number of benzene rings is 2. The van der Waals surface area contributed by atoms with Crippen LogP contribution in [0.1, 0.15) is 50.5 Å². The van der Waals surface area contributed by atoms with Gasteiger partial charge in [-0.2, -0.15) is 0 Å². The summed E-state index contributed by atoms with van der Waals surface area (Å²) < 4.78 is 26.3. The van der Waals surface area contributed by atoms with Crippen LogP contribution in [-0.2, 0) is 0 Å². The Balaban J connectivity index is 0.00000192. The van der Waals surface area contributed by atoms with Crippen molar-refractivity contribution in [2.24, 2.45) is 5.92 Å². The normalized spacial score (nSPS) is 20.8. The maximum Gasteiger partial charge on any atom is 0.159 e. The SMILES string of the molecule is CCC1CCC(c2ccc(-c3ccc(F)c(F)c3)cc2)CC1.F. The van der Waals surface area contributed by atoms with Crippen molar-refractivity contribution < 1.29 is 13.5 Å². The van der Waals surface area contributed by atoms with E-state index in [2.05, 4.69) is 19.1 Å². The fourth-order valence-electron chi connectivity index (χ4n) is 3.53. The van der Waals surface area contributed by atoms with Crippen LogP contribution in [0.5, 0.6) is 0 Å². The molecular weight excluding hydrogens is 297 g/mol. The van der Waals surface area contributed by atoms with E-state index >= 15 is 0 Å². The average Bonchev–Trinajstić information content (AvgIpc) is 2.58. The van der Waals surface area contributed by atoms with Crippen molar-refractivity contribution in [3.63, 3.8) is 0 Å². The Kier molecular flexibility index (Phi) is 5.86. The predicted octanol–water partition coefficient (Wildman–Crippen LogP) is 6.47. The zero-order valence-corrected chi connectivity index (χ0v) is 13.4. The molecule has 1 aliphatic carbocycles. The van der Waals surface area contributed by atoms with Gasteiger partial charge in [-0.05, 0) is 66.3 Å². The van der Waals surface area contributed by atoms with Crippen LogP contribution in [0, 0.1) is 17.6 Å². The van der Waals surface area contributed by atoms with Crippen molar-refractivity contribution in [1.29, 1.82) is 0 Å². The Morgan fingerprint density at radius 3 is 2.00 bits per heavy atom. The van der Waals surface area contributed by atoms with Gasteiger partial charge in [0.15, 0.2) is 11.6 Å². The van der Waals surface area contributed by atoms with Gasteiger partial charge >= 0.3 is 0 Å². The summed E-state index contributed by atoms with van der Waals surface area (Å²) in [6.07, 6.45) is 6.48. The minimum absolute atomic E-state index is 0. The van der Waals surface area contributed by atoms with Gasteiger partial charge in [-0.1, -0.05) is 43.7 Å². The van der Waals surface area contributed by atoms with Crippen molar-refractivity contribution in [3.05, 3.63) is 59.7 Å². The molecule has 0 spiro atoms. The van der Waals surface area contributed by atoms with E-state index in [4.69, 9.17) is 0 Å². The first-order chi connectivity index (χ1) is 10.7. The smallest absolute Gasteiger partial charge is 0.159 e. The number of rotatable bonds is 3. The molecule has 0 nitrogen and oxygen atoms in total. The summed E-state index contributed by atoms with van der Waals surface area (Å²) >= 11 is 0. The molecule has 0 radical (unpaired) electrons. The summed E-state index contributed by atoms with van der Waals surface area (Å²) in [4.78, 5) is 0. The molecule has 0 heterocycles. The minimum atomic E-state index is -0.798. The minimum Gasteiger partial charge on any atom is -0.269 e. The molecule has 0 amide bonds. The maximum absolute atomic E-state index is 13.3. The van der Waals surface area contributed by atoms with Crippen LogP contribution < -0.4 is 0 Å². The second-order valence-electron chi connectivity index (χ2n) is 6.38. The van der Waals surface area contributed by atoms with Gasteiger partial charge in [-0.3, -0.25) is 4.70 Å². The summed E-state index contributed by atoms with van der Waals surface area (Å²) in [5, 5.41) is 0. The van der Waals surface area contributed by atoms with E-state index in [-0.39, 0.29) is 4.70 Å². The first-order valence-corrected chi connectivity index (χ1v) is 8.22. The molecule has 1 aliphatic rings. The summed E-state index contributed by atoms with van der Waals surface area (Å²) in [7, 11) is 0. The number of hydrogen-bond donors (Lipinski definition) is 0. The van der Waals surface area contributed by atoms with Crippen molar-refractivity contribution in [1.82, 2.24) is 0 Å². The van der Waals surface area contributed by atoms with Crippen LogP contribution in [0.15, 0.2) is 42.5 Å². The van der Waals surface area contributed by atoms with E-state index in [0.717, 1.165) is 17.0 Å². The second kappa shape index (κ2) is 7.67. The zero-order chi connectivity index (χ0) is 15.5. The van der Waals surface area contributed by atoms with E-state index in [1.165, 1.54) is 49.8 Å². The lowest BCUT2D eigenvalue weighted by molar-refractivity contribution is 0.319. The lowest BCUT2D eigenvalue weighted by Gasteiger charge is -2.28. The van der Waals surface area contributed by atoms with Gasteiger partial charge in [-0.25, -0.2) is 8.78 Å². The van der Waals surface area contributed by atoms with Crippen LogP contribution in [-0.4, -0.2) is 0 Å². The summed E-state index contributed by atoms with van der Waals surface area (Å²) in [5.41, 5.74) is 3.03. The molecule has 0 saturated heterocycles. The third-order valence-electron chi connectivity index (χ3n) is 5.06.